The van der Waals surface area contributed by atoms with E-state index >= 15 is 0 Å². The van der Waals surface area contributed by atoms with Crippen LogP contribution in [0.2, 0.25) is 0 Å². The maximum absolute atomic E-state index is 13.6. The van der Waals surface area contributed by atoms with Crippen LogP contribution in [0.15, 0.2) is 18.2 Å². The lowest BCUT2D eigenvalue weighted by Gasteiger charge is -2.13. The Bertz CT molecular complexity index is 544. The molecule has 0 radical (unpaired) electrons. The highest BCUT2D eigenvalue weighted by Crippen LogP contribution is 2.30. The molecule has 1 heterocycles. The van der Waals surface area contributed by atoms with Crippen molar-refractivity contribution in [3.8, 4) is 0 Å². The molecule has 18 heavy (non-hydrogen) atoms. The first-order valence-corrected chi connectivity index (χ1v) is 6.81. The Hall–Kier alpha value is -1.19. The number of hydrogen-bond acceptors (Lipinski definition) is 2. The van der Waals surface area contributed by atoms with Crippen molar-refractivity contribution in [3.05, 3.63) is 56.0 Å². The summed E-state index contributed by atoms with van der Waals surface area (Å²) >= 11 is 1.71. The van der Waals surface area contributed by atoms with Crippen molar-refractivity contribution in [2.45, 2.75) is 33.7 Å². The molecule has 1 nitrogen and oxygen atoms in total. The number of aryl methyl sites for hydroxylation is 4. The first-order valence-electron chi connectivity index (χ1n) is 5.99. The van der Waals surface area contributed by atoms with Crippen LogP contribution in [0.25, 0.3) is 0 Å². The van der Waals surface area contributed by atoms with E-state index in [1.807, 2.05) is 12.1 Å². The predicted octanol–water partition coefficient (Wildman–Crippen LogP) is 4.17. The predicted molar refractivity (Wildman–Crippen MR) is 75.7 cm³/mol. The topological polar surface area (TPSA) is 26.0 Å². The highest BCUT2D eigenvalue weighted by molar-refractivity contribution is 7.12. The van der Waals surface area contributed by atoms with E-state index in [1.165, 1.54) is 10.4 Å². The molecule has 0 saturated heterocycles. The van der Waals surface area contributed by atoms with Crippen molar-refractivity contribution >= 4 is 11.3 Å². The third-order valence-electron chi connectivity index (χ3n) is 3.31. The van der Waals surface area contributed by atoms with E-state index in [2.05, 4.69) is 19.9 Å². The maximum atomic E-state index is 13.6. The monoisotopic (exact) mass is 263 g/mol. The zero-order chi connectivity index (χ0) is 13.4. The number of rotatable bonds is 2. The molecule has 96 valence electrons. The Kier molecular flexibility index (Phi) is 3.55. The number of hydrogen-bond donors (Lipinski definition) is 1. The van der Waals surface area contributed by atoms with E-state index in [0.717, 1.165) is 10.4 Å². The Morgan fingerprint density at radius 2 is 1.56 bits per heavy atom. The standard InChI is InChI=1S/C15H18FNS/c1-8-7-13(18-11(8)4)15(17)12-5-9(2)14(16)10(3)6-12/h5-7,15H,17H2,1-4H3. The van der Waals surface area contributed by atoms with Gasteiger partial charge in [-0.05, 0) is 56.0 Å². The van der Waals surface area contributed by atoms with Crippen molar-refractivity contribution < 1.29 is 4.39 Å². The largest absolute Gasteiger partial charge is 0.320 e. The van der Waals surface area contributed by atoms with Crippen LogP contribution in [-0.4, -0.2) is 0 Å². The average Bonchev–Trinajstić information content (AvgIpc) is 2.65. The maximum Gasteiger partial charge on any atom is 0.129 e. The van der Waals surface area contributed by atoms with Crippen molar-refractivity contribution in [3.63, 3.8) is 0 Å². The molecule has 0 spiro atoms. The molecule has 0 amide bonds. The summed E-state index contributed by atoms with van der Waals surface area (Å²) in [5.74, 6) is -0.135. The van der Waals surface area contributed by atoms with Gasteiger partial charge in [0.2, 0.25) is 0 Å². The molecule has 2 aromatic rings. The summed E-state index contributed by atoms with van der Waals surface area (Å²) < 4.78 is 13.6. The zero-order valence-corrected chi connectivity index (χ0v) is 12.0. The molecule has 0 aliphatic rings. The van der Waals surface area contributed by atoms with Crippen LogP contribution in [0.3, 0.4) is 0 Å². The molecule has 0 fully saturated rings. The fraction of sp³-hybridized carbons (Fsp3) is 0.333. The Balaban J connectivity index is 2.42. The molecule has 3 heteroatoms. The summed E-state index contributed by atoms with van der Waals surface area (Å²) in [5.41, 5.74) is 9.83. The van der Waals surface area contributed by atoms with Gasteiger partial charge in [-0.1, -0.05) is 12.1 Å². The zero-order valence-electron chi connectivity index (χ0n) is 11.2. The first kappa shape index (κ1) is 13.2. The molecule has 0 aliphatic heterocycles. The summed E-state index contributed by atoms with van der Waals surface area (Å²) in [6, 6.07) is 5.65. The lowest BCUT2D eigenvalue weighted by atomic mass is 10.00. The molecule has 0 bridgehead atoms. The van der Waals surface area contributed by atoms with Gasteiger partial charge in [-0.15, -0.1) is 11.3 Å². The quantitative estimate of drug-likeness (QED) is 0.864. The number of thiophene rings is 1. The fourth-order valence-corrected chi connectivity index (χ4v) is 3.15. The highest BCUT2D eigenvalue weighted by atomic mass is 32.1. The van der Waals surface area contributed by atoms with Crippen molar-refractivity contribution in [1.29, 1.82) is 0 Å². The molecule has 0 aliphatic carbocycles. The van der Waals surface area contributed by atoms with Gasteiger partial charge in [-0.25, -0.2) is 4.39 Å². The van der Waals surface area contributed by atoms with Crippen LogP contribution in [0.1, 0.15) is 38.0 Å². The highest BCUT2D eigenvalue weighted by Gasteiger charge is 2.15. The Labute approximate surface area is 111 Å². The Morgan fingerprint density at radius 1 is 1.00 bits per heavy atom. The fourth-order valence-electron chi connectivity index (χ4n) is 2.08. The van der Waals surface area contributed by atoms with Crippen LogP contribution in [-0.2, 0) is 0 Å². The van der Waals surface area contributed by atoms with Crippen LogP contribution in [0.5, 0.6) is 0 Å². The second-order valence-corrected chi connectivity index (χ2v) is 6.12. The van der Waals surface area contributed by atoms with Gasteiger partial charge >= 0.3 is 0 Å². The van der Waals surface area contributed by atoms with E-state index in [9.17, 15) is 4.39 Å². The first-order chi connectivity index (χ1) is 8.40. The van der Waals surface area contributed by atoms with Gasteiger partial charge in [0, 0.05) is 9.75 Å². The average molecular weight is 263 g/mol. The molecule has 1 atom stereocenters. The SMILES string of the molecule is Cc1cc(C(N)c2cc(C)c(F)c(C)c2)sc1C. The minimum Gasteiger partial charge on any atom is -0.320 e. The summed E-state index contributed by atoms with van der Waals surface area (Å²) in [4.78, 5) is 2.42. The van der Waals surface area contributed by atoms with E-state index in [1.54, 1.807) is 25.2 Å². The van der Waals surface area contributed by atoms with Gasteiger partial charge in [-0.2, -0.15) is 0 Å². The molecule has 1 aromatic carbocycles. The lowest BCUT2D eigenvalue weighted by Crippen LogP contribution is -2.11. The molecular weight excluding hydrogens is 245 g/mol. The minimum absolute atomic E-state index is 0.135. The van der Waals surface area contributed by atoms with E-state index < -0.39 is 0 Å². The molecule has 1 aromatic heterocycles. The van der Waals surface area contributed by atoms with E-state index in [4.69, 9.17) is 5.73 Å². The van der Waals surface area contributed by atoms with Gasteiger partial charge in [0.05, 0.1) is 6.04 Å². The van der Waals surface area contributed by atoms with E-state index in [-0.39, 0.29) is 11.9 Å². The molecule has 1 unspecified atom stereocenters. The number of benzene rings is 1. The second-order valence-electron chi connectivity index (χ2n) is 4.83. The lowest BCUT2D eigenvalue weighted by molar-refractivity contribution is 0.607. The third-order valence-corrected chi connectivity index (χ3v) is 4.55. The summed E-state index contributed by atoms with van der Waals surface area (Å²) in [5, 5.41) is 0. The summed E-state index contributed by atoms with van der Waals surface area (Å²) in [7, 11) is 0. The van der Waals surface area contributed by atoms with Crippen LogP contribution in [0.4, 0.5) is 4.39 Å². The van der Waals surface area contributed by atoms with Gasteiger partial charge in [0.15, 0.2) is 0 Å². The van der Waals surface area contributed by atoms with Gasteiger partial charge in [0.1, 0.15) is 5.82 Å². The molecular formula is C15H18FNS. The number of nitrogens with two attached hydrogens (primary N) is 1. The van der Waals surface area contributed by atoms with Crippen molar-refractivity contribution in [2.24, 2.45) is 5.73 Å². The molecule has 0 saturated carbocycles. The van der Waals surface area contributed by atoms with E-state index in [0.29, 0.717) is 11.1 Å². The Morgan fingerprint density at radius 3 is 2.00 bits per heavy atom. The van der Waals surface area contributed by atoms with Gasteiger partial charge in [0.25, 0.3) is 0 Å². The summed E-state index contributed by atoms with van der Waals surface area (Å²) in [6.07, 6.45) is 0. The smallest absolute Gasteiger partial charge is 0.129 e. The van der Waals surface area contributed by atoms with Crippen molar-refractivity contribution in [1.82, 2.24) is 0 Å². The van der Waals surface area contributed by atoms with Gasteiger partial charge < -0.3 is 5.73 Å². The normalized spacial score (nSPS) is 12.8. The minimum atomic E-state index is -0.166. The molecule has 2 rings (SSSR count). The van der Waals surface area contributed by atoms with Crippen LogP contribution < -0.4 is 5.73 Å². The molecule has 2 N–H and O–H groups in total. The van der Waals surface area contributed by atoms with Crippen LogP contribution in [0, 0.1) is 33.5 Å². The number of halogens is 1. The third kappa shape index (κ3) is 2.33. The second kappa shape index (κ2) is 4.82. The van der Waals surface area contributed by atoms with Crippen molar-refractivity contribution in [2.75, 3.05) is 0 Å². The van der Waals surface area contributed by atoms with Gasteiger partial charge in [-0.3, -0.25) is 0 Å². The summed E-state index contributed by atoms with van der Waals surface area (Å²) in [6.45, 7) is 7.74. The van der Waals surface area contributed by atoms with Crippen LogP contribution >= 0.6 is 11.3 Å².